The van der Waals surface area contributed by atoms with E-state index in [1.165, 1.54) is 30.4 Å². The lowest BCUT2D eigenvalue weighted by Gasteiger charge is -2.40. The lowest BCUT2D eigenvalue weighted by Crippen LogP contribution is -2.44. The number of halogens is 4. The van der Waals surface area contributed by atoms with Crippen molar-refractivity contribution in [2.24, 2.45) is 0 Å². The molecule has 186 valence electrons. The number of amides is 2. The number of benzene rings is 2. The van der Waals surface area contributed by atoms with Crippen LogP contribution in [0.3, 0.4) is 0 Å². The number of rotatable bonds is 4. The molecule has 0 aromatic heterocycles. The van der Waals surface area contributed by atoms with E-state index in [1.807, 2.05) is 18.2 Å². The summed E-state index contributed by atoms with van der Waals surface area (Å²) in [7, 11) is 3.49. The Hall–Kier alpha value is -2.80. The number of alkyl halides is 3. The first-order chi connectivity index (χ1) is 16.5. The van der Waals surface area contributed by atoms with Crippen LogP contribution in [0.4, 0.5) is 13.2 Å². The van der Waals surface area contributed by atoms with Crippen LogP contribution >= 0.6 is 11.6 Å². The highest BCUT2D eigenvalue weighted by molar-refractivity contribution is 6.31. The lowest BCUT2D eigenvalue weighted by atomic mass is 9.73. The predicted octanol–water partition coefficient (Wildman–Crippen LogP) is 5.90. The lowest BCUT2D eigenvalue weighted by molar-refractivity contribution is -0.137. The first-order valence-corrected chi connectivity index (χ1v) is 12.0. The van der Waals surface area contributed by atoms with Crippen LogP contribution < -0.4 is 0 Å². The summed E-state index contributed by atoms with van der Waals surface area (Å²) in [5, 5.41) is 0.686. The van der Waals surface area contributed by atoms with Gasteiger partial charge < -0.3 is 9.80 Å². The molecule has 4 nitrogen and oxygen atoms in total. The molecular formula is C27H28ClF3N2O2. The van der Waals surface area contributed by atoms with Crippen molar-refractivity contribution in [2.75, 3.05) is 27.2 Å². The van der Waals surface area contributed by atoms with Crippen molar-refractivity contribution >= 4 is 29.5 Å². The number of hydrogen-bond donors (Lipinski definition) is 0. The molecular weight excluding hydrogens is 477 g/mol. The van der Waals surface area contributed by atoms with E-state index in [-0.39, 0.29) is 28.7 Å². The zero-order valence-electron chi connectivity index (χ0n) is 19.7. The summed E-state index contributed by atoms with van der Waals surface area (Å²) < 4.78 is 39.7. The fraction of sp³-hybridized carbons (Fsp3) is 0.407. The number of hydrogen-bond acceptors (Lipinski definition) is 2. The van der Waals surface area contributed by atoms with E-state index in [0.717, 1.165) is 23.6 Å². The maximum absolute atomic E-state index is 13.2. The molecule has 1 heterocycles. The number of fused-ring (bicyclic) bond motifs is 2. The smallest absolute Gasteiger partial charge is 0.349 e. The molecule has 0 radical (unpaired) electrons. The molecule has 1 aliphatic heterocycles. The molecule has 1 saturated heterocycles. The maximum atomic E-state index is 13.2. The molecule has 1 spiro atoms. The highest BCUT2D eigenvalue weighted by atomic mass is 35.5. The highest BCUT2D eigenvalue weighted by Crippen LogP contribution is 2.55. The Morgan fingerprint density at radius 3 is 2.46 bits per heavy atom. The number of likely N-dealkylation sites (tertiary alicyclic amines) is 1. The molecule has 1 unspecified atom stereocenters. The molecule has 35 heavy (non-hydrogen) atoms. The largest absolute Gasteiger partial charge is 0.416 e. The van der Waals surface area contributed by atoms with Crippen LogP contribution in [0.2, 0.25) is 5.02 Å². The van der Waals surface area contributed by atoms with Gasteiger partial charge >= 0.3 is 6.18 Å². The van der Waals surface area contributed by atoms with Gasteiger partial charge in [0.25, 0.3) is 0 Å². The van der Waals surface area contributed by atoms with Crippen molar-refractivity contribution in [1.82, 2.24) is 9.80 Å². The standard InChI is InChI=1S/C27H28ClF3N2O2/c1-32(2)24(35)16-19-17-26(25-20(19)7-5-9-22(25)28)12-14-33(15-13-26)23(34)11-10-18-6-3-4-8-21(18)27(29,30)31/h3-11,19H,12-17H2,1-2H3/b11-10+. The summed E-state index contributed by atoms with van der Waals surface area (Å²) in [5.74, 6) is -0.178. The Morgan fingerprint density at radius 1 is 1.11 bits per heavy atom. The maximum Gasteiger partial charge on any atom is 0.416 e. The molecule has 1 aliphatic carbocycles. The Kier molecular flexibility index (Phi) is 7.00. The first kappa shape index (κ1) is 25.3. The van der Waals surface area contributed by atoms with Gasteiger partial charge in [-0.15, -0.1) is 0 Å². The summed E-state index contributed by atoms with van der Waals surface area (Å²) >= 11 is 6.65. The fourth-order valence-electron chi connectivity index (χ4n) is 5.48. The van der Waals surface area contributed by atoms with Gasteiger partial charge in [-0.3, -0.25) is 9.59 Å². The second-order valence-corrected chi connectivity index (χ2v) is 10.0. The molecule has 2 aromatic rings. The van der Waals surface area contributed by atoms with Crippen molar-refractivity contribution in [1.29, 1.82) is 0 Å². The SMILES string of the molecule is CN(C)C(=O)CC1CC2(CCN(C(=O)/C=C/c3ccccc3C(F)(F)F)CC2)c2c(Cl)cccc21. The Morgan fingerprint density at radius 2 is 1.80 bits per heavy atom. The molecule has 8 heteroatoms. The fourth-order valence-corrected chi connectivity index (χ4v) is 5.86. The molecule has 0 bridgehead atoms. The van der Waals surface area contributed by atoms with Gasteiger partial charge in [0.15, 0.2) is 0 Å². The van der Waals surface area contributed by atoms with Gasteiger partial charge in [0.05, 0.1) is 5.56 Å². The predicted molar refractivity (Wildman–Crippen MR) is 130 cm³/mol. The Labute approximate surface area is 208 Å². The number of piperidine rings is 1. The van der Waals surface area contributed by atoms with Crippen LogP contribution in [0.1, 0.15) is 53.9 Å². The average Bonchev–Trinajstić information content (AvgIpc) is 3.11. The summed E-state index contributed by atoms with van der Waals surface area (Å²) in [4.78, 5) is 28.5. The number of carbonyl (C=O) groups is 2. The molecule has 4 rings (SSSR count). The second kappa shape index (κ2) is 9.69. The van der Waals surface area contributed by atoms with E-state index in [0.29, 0.717) is 37.4 Å². The van der Waals surface area contributed by atoms with Crippen molar-refractivity contribution in [2.45, 2.75) is 43.2 Å². The summed E-state index contributed by atoms with van der Waals surface area (Å²) in [5.41, 5.74) is 1.17. The minimum absolute atomic E-state index is 0.0354. The second-order valence-electron chi connectivity index (χ2n) is 9.62. The minimum Gasteiger partial charge on any atom is -0.349 e. The number of nitrogens with zero attached hydrogens (tertiary/aromatic N) is 2. The van der Waals surface area contributed by atoms with E-state index >= 15 is 0 Å². The Bertz CT molecular complexity index is 1150. The molecule has 1 fully saturated rings. The normalized spacial score (nSPS) is 19.3. The zero-order valence-corrected chi connectivity index (χ0v) is 20.5. The van der Waals surface area contributed by atoms with E-state index < -0.39 is 11.7 Å². The van der Waals surface area contributed by atoms with Gasteiger partial charge in [-0.25, -0.2) is 0 Å². The molecule has 0 saturated carbocycles. The van der Waals surface area contributed by atoms with Gasteiger partial charge in [0.2, 0.25) is 11.8 Å². The zero-order chi connectivity index (χ0) is 25.4. The molecule has 2 aromatic carbocycles. The van der Waals surface area contributed by atoms with Crippen molar-refractivity contribution < 1.29 is 22.8 Å². The van der Waals surface area contributed by atoms with Crippen molar-refractivity contribution in [3.05, 3.63) is 75.8 Å². The van der Waals surface area contributed by atoms with Gasteiger partial charge in [0, 0.05) is 50.1 Å². The highest BCUT2D eigenvalue weighted by Gasteiger charge is 2.47. The third kappa shape index (κ3) is 5.10. The van der Waals surface area contributed by atoms with Crippen LogP contribution in [0, 0.1) is 0 Å². The minimum atomic E-state index is -4.48. The Balaban J connectivity index is 1.49. The van der Waals surface area contributed by atoms with Crippen molar-refractivity contribution in [3.63, 3.8) is 0 Å². The molecule has 0 N–H and O–H groups in total. The topological polar surface area (TPSA) is 40.6 Å². The molecule has 2 aliphatic rings. The van der Waals surface area contributed by atoms with E-state index in [9.17, 15) is 22.8 Å². The third-order valence-corrected chi connectivity index (χ3v) is 7.59. The van der Waals surface area contributed by atoms with Crippen LogP contribution in [-0.4, -0.2) is 48.8 Å². The molecule has 1 atom stereocenters. The summed E-state index contributed by atoms with van der Waals surface area (Å²) in [6.07, 6.45) is 0.552. The van der Waals surface area contributed by atoms with Gasteiger partial charge in [-0.05, 0) is 60.1 Å². The van der Waals surface area contributed by atoms with Gasteiger partial charge in [-0.2, -0.15) is 13.2 Å². The van der Waals surface area contributed by atoms with Gasteiger partial charge in [0.1, 0.15) is 0 Å². The van der Waals surface area contributed by atoms with Crippen LogP contribution in [-0.2, 0) is 21.2 Å². The average molecular weight is 505 g/mol. The number of carbonyl (C=O) groups excluding carboxylic acids is 2. The first-order valence-electron chi connectivity index (χ1n) is 11.6. The monoisotopic (exact) mass is 504 g/mol. The van der Waals surface area contributed by atoms with Crippen molar-refractivity contribution in [3.8, 4) is 0 Å². The molecule has 2 amide bonds. The van der Waals surface area contributed by atoms with E-state index in [4.69, 9.17) is 11.6 Å². The van der Waals surface area contributed by atoms with Gasteiger partial charge in [-0.1, -0.05) is 41.9 Å². The van der Waals surface area contributed by atoms with Crippen LogP contribution in [0.5, 0.6) is 0 Å². The van der Waals surface area contributed by atoms with Crippen LogP contribution in [0.25, 0.3) is 6.08 Å². The summed E-state index contributed by atoms with van der Waals surface area (Å²) in [6, 6.07) is 11.0. The van der Waals surface area contributed by atoms with Crippen LogP contribution in [0.15, 0.2) is 48.5 Å². The van der Waals surface area contributed by atoms with E-state index in [2.05, 4.69) is 0 Å². The summed E-state index contributed by atoms with van der Waals surface area (Å²) in [6.45, 7) is 0.951. The van der Waals surface area contributed by atoms with E-state index in [1.54, 1.807) is 23.9 Å². The quantitative estimate of drug-likeness (QED) is 0.486. The third-order valence-electron chi connectivity index (χ3n) is 7.28.